The second-order valence-corrected chi connectivity index (χ2v) is 7.22. The van der Waals surface area contributed by atoms with E-state index in [-0.39, 0.29) is 11.9 Å². The van der Waals surface area contributed by atoms with Crippen LogP contribution in [0.4, 0.5) is 0 Å². The summed E-state index contributed by atoms with van der Waals surface area (Å²) in [5.74, 6) is 0.601. The molecule has 2 fully saturated rings. The SMILES string of the molecule is O=C(NC1CCN(CC2CCOC2)CC1)c1ccc(Cl)c(Cl)c1. The van der Waals surface area contributed by atoms with Crippen LogP contribution in [-0.4, -0.2) is 49.7 Å². The molecule has 2 heterocycles. The van der Waals surface area contributed by atoms with Gasteiger partial charge in [-0.1, -0.05) is 23.2 Å². The van der Waals surface area contributed by atoms with Crippen molar-refractivity contribution in [3.63, 3.8) is 0 Å². The van der Waals surface area contributed by atoms with Crippen LogP contribution in [0.1, 0.15) is 29.6 Å². The van der Waals surface area contributed by atoms with Gasteiger partial charge in [0.15, 0.2) is 0 Å². The molecule has 1 atom stereocenters. The third-order valence-corrected chi connectivity index (χ3v) is 5.38. The minimum atomic E-state index is -0.0776. The number of nitrogens with zero attached hydrogens (tertiary/aromatic N) is 1. The number of amides is 1. The molecule has 1 aromatic rings. The second-order valence-electron chi connectivity index (χ2n) is 6.41. The molecule has 1 unspecified atom stereocenters. The predicted molar refractivity (Wildman–Crippen MR) is 92.3 cm³/mol. The maximum atomic E-state index is 12.3. The van der Waals surface area contributed by atoms with Gasteiger partial charge in [0.1, 0.15) is 0 Å². The highest BCUT2D eigenvalue weighted by molar-refractivity contribution is 6.42. The van der Waals surface area contributed by atoms with Crippen LogP contribution >= 0.6 is 23.2 Å². The number of carbonyl (C=O) groups excluding carboxylic acids is 1. The number of hydrogen-bond acceptors (Lipinski definition) is 3. The Morgan fingerprint density at radius 3 is 2.65 bits per heavy atom. The molecule has 0 radical (unpaired) electrons. The lowest BCUT2D eigenvalue weighted by Crippen LogP contribution is -2.45. The maximum Gasteiger partial charge on any atom is 0.251 e. The molecule has 4 nitrogen and oxygen atoms in total. The third-order valence-electron chi connectivity index (χ3n) is 4.64. The van der Waals surface area contributed by atoms with Crippen molar-refractivity contribution in [1.29, 1.82) is 0 Å². The number of hydrogen-bond donors (Lipinski definition) is 1. The molecule has 2 saturated heterocycles. The van der Waals surface area contributed by atoms with E-state index >= 15 is 0 Å². The lowest BCUT2D eigenvalue weighted by atomic mass is 10.0. The Kier molecular flexibility index (Phi) is 5.81. The van der Waals surface area contributed by atoms with Gasteiger partial charge in [-0.2, -0.15) is 0 Å². The predicted octanol–water partition coefficient (Wildman–Crippen LogP) is 3.22. The first-order valence-electron chi connectivity index (χ1n) is 8.18. The summed E-state index contributed by atoms with van der Waals surface area (Å²) >= 11 is 11.9. The molecule has 0 bridgehead atoms. The van der Waals surface area contributed by atoms with Crippen molar-refractivity contribution in [2.45, 2.75) is 25.3 Å². The van der Waals surface area contributed by atoms with Crippen LogP contribution in [0.15, 0.2) is 18.2 Å². The van der Waals surface area contributed by atoms with Gasteiger partial charge in [0.25, 0.3) is 5.91 Å². The fraction of sp³-hybridized carbons (Fsp3) is 0.588. The molecule has 0 saturated carbocycles. The van der Waals surface area contributed by atoms with E-state index in [0.29, 0.717) is 21.5 Å². The van der Waals surface area contributed by atoms with Gasteiger partial charge in [-0.05, 0) is 43.4 Å². The standard InChI is InChI=1S/C17H22Cl2N2O2/c18-15-2-1-13(9-16(15)19)17(22)20-14-3-6-21(7-4-14)10-12-5-8-23-11-12/h1-2,9,12,14H,3-8,10-11H2,(H,20,22). The quantitative estimate of drug-likeness (QED) is 0.900. The smallest absolute Gasteiger partial charge is 0.251 e. The summed E-state index contributed by atoms with van der Waals surface area (Å²) in [7, 11) is 0. The molecular formula is C17H22Cl2N2O2. The van der Waals surface area contributed by atoms with Crippen molar-refractivity contribution in [3.8, 4) is 0 Å². The zero-order valence-electron chi connectivity index (χ0n) is 13.1. The lowest BCUT2D eigenvalue weighted by molar-refractivity contribution is 0.0903. The summed E-state index contributed by atoms with van der Waals surface area (Å²) in [5, 5.41) is 3.98. The largest absolute Gasteiger partial charge is 0.381 e. The molecule has 0 aromatic heterocycles. The molecule has 126 valence electrons. The molecule has 1 N–H and O–H groups in total. The maximum absolute atomic E-state index is 12.3. The highest BCUT2D eigenvalue weighted by atomic mass is 35.5. The first-order valence-corrected chi connectivity index (χ1v) is 8.93. The summed E-state index contributed by atoms with van der Waals surface area (Å²) < 4.78 is 5.44. The van der Waals surface area contributed by atoms with Gasteiger partial charge < -0.3 is 15.0 Å². The summed E-state index contributed by atoms with van der Waals surface area (Å²) in [6.45, 7) is 4.98. The number of piperidine rings is 1. The Balaban J connectivity index is 1.46. The second kappa shape index (κ2) is 7.84. The summed E-state index contributed by atoms with van der Waals surface area (Å²) in [6.07, 6.45) is 3.15. The monoisotopic (exact) mass is 356 g/mol. The third kappa shape index (κ3) is 4.60. The number of benzene rings is 1. The van der Waals surface area contributed by atoms with Gasteiger partial charge in [0.2, 0.25) is 0 Å². The zero-order chi connectivity index (χ0) is 16.2. The zero-order valence-corrected chi connectivity index (χ0v) is 14.6. The number of halogens is 2. The minimum Gasteiger partial charge on any atom is -0.381 e. The molecular weight excluding hydrogens is 335 g/mol. The topological polar surface area (TPSA) is 41.6 Å². The van der Waals surface area contributed by atoms with Crippen LogP contribution in [0.5, 0.6) is 0 Å². The molecule has 2 aliphatic rings. The van der Waals surface area contributed by atoms with Gasteiger partial charge in [0, 0.05) is 37.8 Å². The first-order chi connectivity index (χ1) is 11.1. The highest BCUT2D eigenvalue weighted by Gasteiger charge is 2.24. The van der Waals surface area contributed by atoms with Crippen LogP contribution in [-0.2, 0) is 4.74 Å². The molecule has 2 aliphatic heterocycles. The summed E-state index contributed by atoms with van der Waals surface area (Å²) in [4.78, 5) is 14.8. The van der Waals surface area contributed by atoms with Crippen molar-refractivity contribution < 1.29 is 9.53 Å². The molecule has 0 spiro atoms. The number of nitrogens with one attached hydrogen (secondary N) is 1. The Labute approximate surface area is 147 Å². The van der Waals surface area contributed by atoms with Crippen molar-refractivity contribution in [1.82, 2.24) is 10.2 Å². The van der Waals surface area contributed by atoms with Gasteiger partial charge in [-0.3, -0.25) is 4.79 Å². The Morgan fingerprint density at radius 1 is 1.22 bits per heavy atom. The first kappa shape index (κ1) is 17.0. The van der Waals surface area contributed by atoms with Gasteiger partial charge >= 0.3 is 0 Å². The number of carbonyl (C=O) groups is 1. The average Bonchev–Trinajstić information content (AvgIpc) is 3.05. The van der Waals surface area contributed by atoms with E-state index < -0.39 is 0 Å². The summed E-state index contributed by atoms with van der Waals surface area (Å²) in [5.41, 5.74) is 0.560. The van der Waals surface area contributed by atoms with Crippen molar-refractivity contribution in [2.75, 3.05) is 32.8 Å². The van der Waals surface area contributed by atoms with E-state index in [1.807, 2.05) is 0 Å². The highest BCUT2D eigenvalue weighted by Crippen LogP contribution is 2.23. The Morgan fingerprint density at radius 2 is 2.00 bits per heavy atom. The van der Waals surface area contributed by atoms with E-state index in [2.05, 4.69) is 10.2 Å². The fourth-order valence-electron chi connectivity index (χ4n) is 3.26. The van der Waals surface area contributed by atoms with E-state index in [1.165, 1.54) is 6.42 Å². The molecule has 1 aromatic carbocycles. The van der Waals surface area contributed by atoms with Crippen molar-refractivity contribution in [2.24, 2.45) is 5.92 Å². The fourth-order valence-corrected chi connectivity index (χ4v) is 3.56. The number of ether oxygens (including phenoxy) is 1. The Bertz CT molecular complexity index is 554. The van der Waals surface area contributed by atoms with Crippen LogP contribution in [0.25, 0.3) is 0 Å². The van der Waals surface area contributed by atoms with Crippen molar-refractivity contribution in [3.05, 3.63) is 33.8 Å². The minimum absolute atomic E-state index is 0.0776. The van der Waals surface area contributed by atoms with Crippen LogP contribution < -0.4 is 5.32 Å². The normalized spacial score (nSPS) is 23.1. The van der Waals surface area contributed by atoms with Crippen molar-refractivity contribution >= 4 is 29.1 Å². The van der Waals surface area contributed by atoms with Crippen LogP contribution in [0.3, 0.4) is 0 Å². The molecule has 6 heteroatoms. The van der Waals surface area contributed by atoms with E-state index in [9.17, 15) is 4.79 Å². The number of rotatable bonds is 4. The molecule has 1 amide bonds. The van der Waals surface area contributed by atoms with Crippen LogP contribution in [0, 0.1) is 5.92 Å². The summed E-state index contributed by atoms with van der Waals surface area (Å²) in [6, 6.07) is 5.21. The molecule has 23 heavy (non-hydrogen) atoms. The van der Waals surface area contributed by atoms with Crippen LogP contribution in [0.2, 0.25) is 10.0 Å². The average molecular weight is 357 g/mol. The van der Waals surface area contributed by atoms with E-state index in [1.54, 1.807) is 18.2 Å². The van der Waals surface area contributed by atoms with E-state index in [4.69, 9.17) is 27.9 Å². The number of likely N-dealkylation sites (tertiary alicyclic amines) is 1. The van der Waals surface area contributed by atoms with Gasteiger partial charge in [-0.25, -0.2) is 0 Å². The van der Waals surface area contributed by atoms with Gasteiger partial charge in [0.05, 0.1) is 16.7 Å². The lowest BCUT2D eigenvalue weighted by Gasteiger charge is -2.33. The Hall–Kier alpha value is -0.810. The molecule has 0 aliphatic carbocycles. The molecule has 3 rings (SSSR count). The van der Waals surface area contributed by atoms with Gasteiger partial charge in [-0.15, -0.1) is 0 Å². The van der Waals surface area contributed by atoms with E-state index in [0.717, 1.165) is 45.7 Å².